The van der Waals surface area contributed by atoms with Crippen LogP contribution in [0.25, 0.3) is 0 Å². The molecule has 1 amide bonds. The van der Waals surface area contributed by atoms with E-state index in [4.69, 9.17) is 16.3 Å². The third kappa shape index (κ3) is 5.39. The van der Waals surface area contributed by atoms with E-state index in [0.717, 1.165) is 17.7 Å². The number of alkyl carbamates (subject to hydrolysis) is 1. The molecular formula is C11H16ClNO3S. The molecule has 1 unspecified atom stereocenters. The number of unbranched alkanes of at least 4 members (excludes halogenated alkanes) is 1. The second kappa shape index (κ2) is 7.53. The summed E-state index contributed by atoms with van der Waals surface area (Å²) in [6.07, 6.45) is 0.575. The average Bonchev–Trinajstić information content (AvgIpc) is 2.73. The van der Waals surface area contributed by atoms with Gasteiger partial charge >= 0.3 is 6.09 Å². The Morgan fingerprint density at radius 2 is 2.41 bits per heavy atom. The van der Waals surface area contributed by atoms with Crippen LogP contribution in [0.3, 0.4) is 0 Å². The van der Waals surface area contributed by atoms with Crippen molar-refractivity contribution in [3.05, 3.63) is 21.3 Å². The molecule has 6 heteroatoms. The van der Waals surface area contributed by atoms with Crippen LogP contribution in [0.15, 0.2) is 12.1 Å². The molecule has 1 atom stereocenters. The summed E-state index contributed by atoms with van der Waals surface area (Å²) < 4.78 is 5.51. The molecule has 0 bridgehead atoms. The first-order chi connectivity index (χ1) is 8.13. The third-order valence-electron chi connectivity index (χ3n) is 2.09. The van der Waals surface area contributed by atoms with Crippen molar-refractivity contribution in [2.75, 3.05) is 13.2 Å². The molecule has 17 heavy (non-hydrogen) atoms. The summed E-state index contributed by atoms with van der Waals surface area (Å²) in [6, 6.07) is 3.45. The summed E-state index contributed by atoms with van der Waals surface area (Å²) in [6.45, 7) is 2.55. The molecule has 1 rings (SSSR count). The first-order valence-corrected chi connectivity index (χ1v) is 6.67. The van der Waals surface area contributed by atoms with Gasteiger partial charge in [-0.05, 0) is 18.6 Å². The molecule has 1 aromatic rings. The fourth-order valence-corrected chi connectivity index (χ4v) is 2.20. The van der Waals surface area contributed by atoms with Gasteiger partial charge in [0, 0.05) is 4.88 Å². The van der Waals surface area contributed by atoms with Crippen LogP contribution in [0.5, 0.6) is 0 Å². The van der Waals surface area contributed by atoms with Gasteiger partial charge in [0.05, 0.1) is 17.5 Å². The topological polar surface area (TPSA) is 58.6 Å². The SMILES string of the molecule is CCCCOC(=O)NCC(O)c1ccc(Cl)s1. The number of hydrogen-bond acceptors (Lipinski definition) is 4. The minimum absolute atomic E-state index is 0.127. The van der Waals surface area contributed by atoms with Crippen LogP contribution in [-0.4, -0.2) is 24.4 Å². The Morgan fingerprint density at radius 1 is 1.65 bits per heavy atom. The lowest BCUT2D eigenvalue weighted by molar-refractivity contribution is 0.130. The van der Waals surface area contributed by atoms with Crippen molar-refractivity contribution in [3.63, 3.8) is 0 Å². The van der Waals surface area contributed by atoms with Crippen LogP contribution in [0.1, 0.15) is 30.7 Å². The van der Waals surface area contributed by atoms with Gasteiger partial charge in [0.2, 0.25) is 0 Å². The Hall–Kier alpha value is -0.780. The van der Waals surface area contributed by atoms with Gasteiger partial charge in [-0.3, -0.25) is 0 Å². The van der Waals surface area contributed by atoms with E-state index in [1.54, 1.807) is 12.1 Å². The molecule has 1 heterocycles. The number of aliphatic hydroxyl groups is 1. The van der Waals surface area contributed by atoms with E-state index in [1.807, 2.05) is 6.92 Å². The largest absolute Gasteiger partial charge is 0.450 e. The first kappa shape index (κ1) is 14.3. The maximum atomic E-state index is 11.2. The van der Waals surface area contributed by atoms with Crippen molar-refractivity contribution in [1.82, 2.24) is 5.32 Å². The van der Waals surface area contributed by atoms with Gasteiger partial charge < -0.3 is 15.2 Å². The highest BCUT2D eigenvalue weighted by atomic mass is 35.5. The van der Waals surface area contributed by atoms with Gasteiger partial charge in [0.1, 0.15) is 6.10 Å². The van der Waals surface area contributed by atoms with E-state index in [-0.39, 0.29) is 6.54 Å². The summed E-state index contributed by atoms with van der Waals surface area (Å²) >= 11 is 7.04. The molecule has 1 aromatic heterocycles. The second-order valence-electron chi connectivity index (χ2n) is 3.53. The van der Waals surface area contributed by atoms with Gasteiger partial charge in [-0.2, -0.15) is 0 Å². The number of aliphatic hydroxyl groups excluding tert-OH is 1. The van der Waals surface area contributed by atoms with Crippen LogP contribution < -0.4 is 5.32 Å². The van der Waals surface area contributed by atoms with Gasteiger partial charge in [0.25, 0.3) is 0 Å². The average molecular weight is 278 g/mol. The Morgan fingerprint density at radius 3 is 3.00 bits per heavy atom. The number of thiophene rings is 1. The van der Waals surface area contributed by atoms with E-state index in [2.05, 4.69) is 5.32 Å². The zero-order valence-corrected chi connectivity index (χ0v) is 11.2. The molecule has 0 aromatic carbocycles. The highest BCUT2D eigenvalue weighted by molar-refractivity contribution is 7.16. The number of carbonyl (C=O) groups excluding carboxylic acids is 1. The lowest BCUT2D eigenvalue weighted by Crippen LogP contribution is -2.29. The van der Waals surface area contributed by atoms with E-state index in [0.29, 0.717) is 10.9 Å². The lowest BCUT2D eigenvalue weighted by Gasteiger charge is -2.10. The molecule has 4 nitrogen and oxygen atoms in total. The molecular weight excluding hydrogens is 262 g/mol. The van der Waals surface area contributed by atoms with Gasteiger partial charge in [0.15, 0.2) is 0 Å². The molecule has 96 valence electrons. The Bertz CT molecular complexity index is 356. The molecule has 0 aliphatic rings. The maximum Gasteiger partial charge on any atom is 0.407 e. The Kier molecular flexibility index (Phi) is 6.32. The predicted molar refractivity (Wildman–Crippen MR) is 68.5 cm³/mol. The second-order valence-corrected chi connectivity index (χ2v) is 5.27. The Labute approximate surface area is 110 Å². The quantitative estimate of drug-likeness (QED) is 0.786. The number of rotatable bonds is 6. The normalized spacial score (nSPS) is 12.2. The Balaban J connectivity index is 2.23. The smallest absolute Gasteiger partial charge is 0.407 e. The fourth-order valence-electron chi connectivity index (χ4n) is 1.15. The monoisotopic (exact) mass is 277 g/mol. The highest BCUT2D eigenvalue weighted by Gasteiger charge is 2.11. The number of hydrogen-bond donors (Lipinski definition) is 2. The third-order valence-corrected chi connectivity index (χ3v) is 3.43. The van der Waals surface area contributed by atoms with Crippen molar-refractivity contribution in [2.24, 2.45) is 0 Å². The summed E-state index contributed by atoms with van der Waals surface area (Å²) in [5, 5.41) is 12.2. The van der Waals surface area contributed by atoms with Crippen molar-refractivity contribution in [3.8, 4) is 0 Å². The number of carbonyl (C=O) groups is 1. The summed E-state index contributed by atoms with van der Waals surface area (Å²) in [4.78, 5) is 11.9. The molecule has 0 fully saturated rings. The molecule has 0 saturated carbocycles. The minimum atomic E-state index is -0.744. The van der Waals surface area contributed by atoms with Crippen molar-refractivity contribution in [1.29, 1.82) is 0 Å². The van der Waals surface area contributed by atoms with Gasteiger partial charge in [-0.25, -0.2) is 4.79 Å². The van der Waals surface area contributed by atoms with E-state index in [1.165, 1.54) is 11.3 Å². The number of amides is 1. The van der Waals surface area contributed by atoms with E-state index < -0.39 is 12.2 Å². The molecule has 2 N–H and O–H groups in total. The van der Waals surface area contributed by atoms with Crippen molar-refractivity contribution >= 4 is 29.0 Å². The number of halogens is 1. The summed E-state index contributed by atoms with van der Waals surface area (Å²) in [5.41, 5.74) is 0. The van der Waals surface area contributed by atoms with Gasteiger partial charge in [-0.15, -0.1) is 11.3 Å². The lowest BCUT2D eigenvalue weighted by atomic mass is 10.3. The van der Waals surface area contributed by atoms with Crippen LogP contribution in [-0.2, 0) is 4.74 Å². The first-order valence-electron chi connectivity index (χ1n) is 5.47. The number of ether oxygens (including phenoxy) is 1. The zero-order valence-electron chi connectivity index (χ0n) is 9.61. The zero-order chi connectivity index (χ0) is 12.7. The summed E-state index contributed by atoms with van der Waals surface area (Å²) in [7, 11) is 0. The molecule has 0 saturated heterocycles. The molecule has 0 aliphatic carbocycles. The van der Waals surface area contributed by atoms with Crippen molar-refractivity contribution < 1.29 is 14.6 Å². The standard InChI is InChI=1S/C11H16ClNO3S/c1-2-3-6-16-11(15)13-7-8(14)9-4-5-10(12)17-9/h4-5,8,14H,2-3,6-7H2,1H3,(H,13,15). The van der Waals surface area contributed by atoms with Crippen LogP contribution in [0.4, 0.5) is 4.79 Å². The van der Waals surface area contributed by atoms with Crippen LogP contribution >= 0.6 is 22.9 Å². The van der Waals surface area contributed by atoms with E-state index >= 15 is 0 Å². The minimum Gasteiger partial charge on any atom is -0.450 e. The van der Waals surface area contributed by atoms with Crippen LogP contribution in [0.2, 0.25) is 4.34 Å². The van der Waals surface area contributed by atoms with Crippen molar-refractivity contribution in [2.45, 2.75) is 25.9 Å². The molecule has 0 aliphatic heterocycles. The highest BCUT2D eigenvalue weighted by Crippen LogP contribution is 2.26. The molecule has 0 radical (unpaired) electrons. The van der Waals surface area contributed by atoms with Crippen LogP contribution in [0, 0.1) is 0 Å². The number of nitrogens with one attached hydrogen (secondary N) is 1. The summed E-state index contributed by atoms with van der Waals surface area (Å²) in [5.74, 6) is 0. The molecule has 0 spiro atoms. The maximum absolute atomic E-state index is 11.2. The van der Waals surface area contributed by atoms with E-state index in [9.17, 15) is 9.90 Å². The fraction of sp³-hybridized carbons (Fsp3) is 0.545. The predicted octanol–water partition coefficient (Wildman–Crippen LogP) is 2.96. The van der Waals surface area contributed by atoms with Gasteiger partial charge in [-0.1, -0.05) is 24.9 Å².